The lowest BCUT2D eigenvalue weighted by atomic mass is 10.00. The lowest BCUT2D eigenvalue weighted by Gasteiger charge is -2.32. The molecular weight excluding hydrogens is 384 g/mol. The van der Waals surface area contributed by atoms with Crippen molar-refractivity contribution >= 4 is 11.8 Å². The summed E-state index contributed by atoms with van der Waals surface area (Å²) in [4.78, 5) is 29.8. The number of ether oxygens (including phenoxy) is 3. The Morgan fingerprint density at radius 1 is 1.07 bits per heavy atom. The topological polar surface area (TPSA) is 68.3 Å². The van der Waals surface area contributed by atoms with Gasteiger partial charge < -0.3 is 24.0 Å². The number of methoxy groups -OCH3 is 2. The molecule has 0 aromatic heterocycles. The summed E-state index contributed by atoms with van der Waals surface area (Å²) < 4.78 is 16.2. The van der Waals surface area contributed by atoms with E-state index in [2.05, 4.69) is 0 Å². The maximum absolute atomic E-state index is 13.2. The van der Waals surface area contributed by atoms with Gasteiger partial charge in [-0.2, -0.15) is 0 Å². The maximum Gasteiger partial charge on any atom is 0.255 e. The van der Waals surface area contributed by atoms with E-state index >= 15 is 0 Å². The molecule has 0 bridgehead atoms. The van der Waals surface area contributed by atoms with Crippen molar-refractivity contribution in [3.05, 3.63) is 59.2 Å². The van der Waals surface area contributed by atoms with Gasteiger partial charge in [0, 0.05) is 25.2 Å². The number of fused-ring (bicyclic) bond motifs is 1. The molecule has 7 nitrogen and oxygen atoms in total. The Kier molecular flexibility index (Phi) is 5.90. The van der Waals surface area contributed by atoms with Gasteiger partial charge in [-0.25, -0.2) is 0 Å². The summed E-state index contributed by atoms with van der Waals surface area (Å²) in [5.41, 5.74) is 2.52. The fourth-order valence-electron chi connectivity index (χ4n) is 4.10. The molecule has 0 spiro atoms. The van der Waals surface area contributed by atoms with Crippen LogP contribution in [0, 0.1) is 0 Å². The van der Waals surface area contributed by atoms with Gasteiger partial charge in [0.15, 0.2) is 11.5 Å². The van der Waals surface area contributed by atoms with Gasteiger partial charge in [0.1, 0.15) is 0 Å². The van der Waals surface area contributed by atoms with Crippen LogP contribution in [-0.4, -0.2) is 62.1 Å². The lowest BCUT2D eigenvalue weighted by Crippen LogP contribution is -2.42. The molecule has 1 fully saturated rings. The van der Waals surface area contributed by atoms with Crippen molar-refractivity contribution in [2.75, 3.05) is 40.5 Å². The van der Waals surface area contributed by atoms with Crippen LogP contribution in [0.2, 0.25) is 0 Å². The molecule has 4 rings (SSSR count). The molecule has 7 heteroatoms. The van der Waals surface area contributed by atoms with Crippen molar-refractivity contribution in [1.29, 1.82) is 0 Å². The predicted molar refractivity (Wildman–Crippen MR) is 111 cm³/mol. The number of benzene rings is 2. The minimum atomic E-state index is -0.403. The molecule has 0 saturated carbocycles. The molecule has 1 atom stereocenters. The highest BCUT2D eigenvalue weighted by atomic mass is 16.5. The zero-order valence-corrected chi connectivity index (χ0v) is 17.3. The van der Waals surface area contributed by atoms with E-state index < -0.39 is 6.04 Å². The number of hydrogen-bond acceptors (Lipinski definition) is 5. The summed E-state index contributed by atoms with van der Waals surface area (Å²) >= 11 is 0. The zero-order valence-electron chi connectivity index (χ0n) is 17.3. The SMILES string of the molecule is COc1ccc([C@H](CC(=O)N2CCOCC2)N2Cc3ccccc3C2=O)cc1OC. The summed E-state index contributed by atoms with van der Waals surface area (Å²) in [6, 6.07) is 12.8. The monoisotopic (exact) mass is 410 g/mol. The highest BCUT2D eigenvalue weighted by molar-refractivity contribution is 5.98. The second-order valence-corrected chi connectivity index (χ2v) is 7.42. The summed E-state index contributed by atoms with van der Waals surface area (Å²) in [5, 5.41) is 0. The minimum Gasteiger partial charge on any atom is -0.493 e. The molecule has 0 unspecified atom stereocenters. The first-order chi connectivity index (χ1) is 14.6. The van der Waals surface area contributed by atoms with E-state index in [1.54, 1.807) is 19.1 Å². The molecule has 30 heavy (non-hydrogen) atoms. The molecule has 2 aliphatic rings. The first-order valence-electron chi connectivity index (χ1n) is 10.1. The van der Waals surface area contributed by atoms with Crippen molar-refractivity contribution in [3.63, 3.8) is 0 Å². The molecule has 1 saturated heterocycles. The van der Waals surface area contributed by atoms with Gasteiger partial charge in [-0.15, -0.1) is 0 Å². The molecular formula is C23H26N2O5. The fraction of sp³-hybridized carbons (Fsp3) is 0.391. The van der Waals surface area contributed by atoms with Crippen molar-refractivity contribution < 1.29 is 23.8 Å². The number of amides is 2. The Hall–Kier alpha value is -3.06. The predicted octanol–water partition coefficient (Wildman–Crippen LogP) is 2.65. The lowest BCUT2D eigenvalue weighted by molar-refractivity contribution is -0.136. The Morgan fingerprint density at radius 3 is 2.50 bits per heavy atom. The third kappa shape index (κ3) is 3.85. The van der Waals surface area contributed by atoms with Crippen molar-refractivity contribution in [2.24, 2.45) is 0 Å². The highest BCUT2D eigenvalue weighted by Crippen LogP contribution is 2.37. The van der Waals surface area contributed by atoms with E-state index in [-0.39, 0.29) is 18.2 Å². The van der Waals surface area contributed by atoms with Crippen LogP contribution in [0.3, 0.4) is 0 Å². The first-order valence-corrected chi connectivity index (χ1v) is 10.1. The van der Waals surface area contributed by atoms with Crippen molar-refractivity contribution in [1.82, 2.24) is 9.80 Å². The molecule has 158 valence electrons. The Bertz CT molecular complexity index is 939. The number of morpholine rings is 1. The number of nitrogens with zero attached hydrogens (tertiary/aromatic N) is 2. The molecule has 2 aliphatic heterocycles. The summed E-state index contributed by atoms with van der Waals surface area (Å²) in [7, 11) is 3.16. The van der Waals surface area contributed by atoms with Gasteiger partial charge in [-0.1, -0.05) is 24.3 Å². The van der Waals surface area contributed by atoms with E-state index in [1.807, 2.05) is 47.4 Å². The number of hydrogen-bond donors (Lipinski definition) is 0. The number of carbonyl (C=O) groups is 2. The molecule has 2 heterocycles. The molecule has 2 amide bonds. The van der Waals surface area contributed by atoms with Gasteiger partial charge >= 0.3 is 0 Å². The van der Waals surface area contributed by atoms with Crippen LogP contribution in [0.25, 0.3) is 0 Å². The Labute approximate surface area is 176 Å². The molecule has 0 radical (unpaired) electrons. The van der Waals surface area contributed by atoms with Gasteiger partial charge in [0.2, 0.25) is 5.91 Å². The van der Waals surface area contributed by atoms with Gasteiger partial charge in [-0.3, -0.25) is 9.59 Å². The summed E-state index contributed by atoms with van der Waals surface area (Å²) in [6.45, 7) is 2.71. The second-order valence-electron chi connectivity index (χ2n) is 7.42. The first kappa shape index (κ1) is 20.2. The molecule has 2 aromatic carbocycles. The maximum atomic E-state index is 13.2. The van der Waals surface area contributed by atoms with E-state index in [0.717, 1.165) is 11.1 Å². The van der Waals surface area contributed by atoms with E-state index in [0.29, 0.717) is 49.9 Å². The Morgan fingerprint density at radius 2 is 1.80 bits per heavy atom. The molecule has 2 aromatic rings. The summed E-state index contributed by atoms with van der Waals surface area (Å²) in [6.07, 6.45) is 0.204. The van der Waals surface area contributed by atoms with Crippen LogP contribution in [0.1, 0.15) is 33.9 Å². The highest BCUT2D eigenvalue weighted by Gasteiger charge is 2.35. The smallest absolute Gasteiger partial charge is 0.255 e. The number of carbonyl (C=O) groups excluding carboxylic acids is 2. The Balaban J connectivity index is 1.67. The van der Waals surface area contributed by atoms with E-state index in [9.17, 15) is 9.59 Å². The van der Waals surface area contributed by atoms with Crippen LogP contribution in [0.5, 0.6) is 11.5 Å². The van der Waals surface area contributed by atoms with Crippen LogP contribution >= 0.6 is 0 Å². The van der Waals surface area contributed by atoms with Gasteiger partial charge in [0.05, 0.1) is 39.9 Å². The van der Waals surface area contributed by atoms with E-state index in [1.165, 1.54) is 0 Å². The van der Waals surface area contributed by atoms with Crippen LogP contribution in [0.15, 0.2) is 42.5 Å². The number of rotatable bonds is 6. The van der Waals surface area contributed by atoms with Gasteiger partial charge in [0.25, 0.3) is 5.91 Å². The van der Waals surface area contributed by atoms with E-state index in [4.69, 9.17) is 14.2 Å². The normalized spacial score (nSPS) is 16.9. The third-order valence-corrected chi connectivity index (χ3v) is 5.75. The van der Waals surface area contributed by atoms with Crippen molar-refractivity contribution in [2.45, 2.75) is 19.0 Å². The molecule has 0 aliphatic carbocycles. The largest absolute Gasteiger partial charge is 0.493 e. The van der Waals surface area contributed by atoms with Crippen molar-refractivity contribution in [3.8, 4) is 11.5 Å². The third-order valence-electron chi connectivity index (χ3n) is 5.75. The quantitative estimate of drug-likeness (QED) is 0.732. The standard InChI is InChI=1S/C23H26N2O5/c1-28-20-8-7-16(13-21(20)29-2)19(14-22(26)24-9-11-30-12-10-24)25-15-17-5-3-4-6-18(17)23(25)27/h3-8,13,19H,9-12,14-15H2,1-2H3/t19-/m0/s1. The second kappa shape index (κ2) is 8.75. The van der Waals surface area contributed by atoms with Crippen LogP contribution in [0.4, 0.5) is 0 Å². The van der Waals surface area contributed by atoms with Gasteiger partial charge in [-0.05, 0) is 29.3 Å². The fourth-order valence-corrected chi connectivity index (χ4v) is 4.10. The van der Waals surface area contributed by atoms with Crippen LogP contribution < -0.4 is 9.47 Å². The zero-order chi connectivity index (χ0) is 21.1. The average Bonchev–Trinajstić information content (AvgIpc) is 3.13. The summed E-state index contributed by atoms with van der Waals surface area (Å²) in [5.74, 6) is 1.14. The minimum absolute atomic E-state index is 0.0156. The van der Waals surface area contributed by atoms with Crippen LogP contribution in [-0.2, 0) is 16.1 Å². The average molecular weight is 410 g/mol. The molecule has 0 N–H and O–H groups in total.